The number of nitriles is 1. The zero-order valence-electron chi connectivity index (χ0n) is 17.8. The maximum atomic E-state index is 12.2. The van der Waals surface area contributed by atoms with Crippen molar-refractivity contribution in [1.82, 2.24) is 15.2 Å². The lowest BCUT2D eigenvalue weighted by Gasteiger charge is -2.12. The highest BCUT2D eigenvalue weighted by molar-refractivity contribution is 6.00. The van der Waals surface area contributed by atoms with Gasteiger partial charge in [-0.1, -0.05) is 27.2 Å². The number of aryl methyl sites for hydroxylation is 1. The predicted molar refractivity (Wildman–Crippen MR) is 110 cm³/mol. The molecule has 0 spiro atoms. The molecular weight excluding hydrogens is 372 g/mol. The van der Waals surface area contributed by atoms with Gasteiger partial charge in [-0.05, 0) is 43.9 Å². The number of hydrogen-bond acceptors (Lipinski definition) is 5. The molecule has 1 aromatic heterocycles. The van der Waals surface area contributed by atoms with Crippen LogP contribution in [0, 0.1) is 31.1 Å². The molecule has 0 unspecified atom stereocenters. The van der Waals surface area contributed by atoms with Crippen LogP contribution in [0.15, 0.2) is 11.6 Å². The summed E-state index contributed by atoms with van der Waals surface area (Å²) in [5, 5.41) is 13.9. The number of ether oxygens (including phenoxy) is 1. The third-order valence-corrected chi connectivity index (χ3v) is 4.20. The molecule has 0 atom stereocenters. The highest BCUT2D eigenvalue weighted by atomic mass is 16.5. The SMILES string of the molecule is CCCCNC(=O)NC(=O)COC(=O)/C(C#N)=C/c1cc(C)n(CC(C)C)c1C. The average Bonchev–Trinajstić information content (AvgIpc) is 2.91. The third-order valence-electron chi connectivity index (χ3n) is 4.20. The summed E-state index contributed by atoms with van der Waals surface area (Å²) in [5.41, 5.74) is 2.51. The number of unbranched alkanes of at least 4 members (excludes halogenated alkanes) is 1. The molecule has 0 aliphatic heterocycles. The monoisotopic (exact) mass is 402 g/mol. The van der Waals surface area contributed by atoms with Gasteiger partial charge in [0.25, 0.3) is 5.91 Å². The van der Waals surface area contributed by atoms with Gasteiger partial charge in [-0.15, -0.1) is 0 Å². The Labute approximate surface area is 171 Å². The number of carbonyl (C=O) groups is 3. The Morgan fingerprint density at radius 1 is 1.31 bits per heavy atom. The quantitative estimate of drug-likeness (QED) is 0.285. The van der Waals surface area contributed by atoms with Gasteiger partial charge in [0.1, 0.15) is 11.6 Å². The van der Waals surface area contributed by atoms with Crippen molar-refractivity contribution in [3.8, 4) is 6.07 Å². The van der Waals surface area contributed by atoms with Crippen LogP contribution in [0.1, 0.15) is 50.6 Å². The van der Waals surface area contributed by atoms with Crippen LogP contribution in [-0.4, -0.2) is 35.6 Å². The van der Waals surface area contributed by atoms with Crippen LogP contribution in [0.3, 0.4) is 0 Å². The van der Waals surface area contributed by atoms with E-state index < -0.39 is 24.5 Å². The number of nitrogens with one attached hydrogen (secondary N) is 2. The van der Waals surface area contributed by atoms with E-state index in [1.807, 2.05) is 32.9 Å². The fourth-order valence-corrected chi connectivity index (χ4v) is 2.71. The fraction of sp³-hybridized carbons (Fsp3) is 0.524. The van der Waals surface area contributed by atoms with Crippen molar-refractivity contribution in [3.05, 3.63) is 28.6 Å². The number of carbonyl (C=O) groups excluding carboxylic acids is 3. The van der Waals surface area contributed by atoms with Gasteiger partial charge in [0.15, 0.2) is 6.61 Å². The van der Waals surface area contributed by atoms with Gasteiger partial charge in [-0.3, -0.25) is 10.1 Å². The molecule has 0 saturated heterocycles. The second-order valence-electron chi connectivity index (χ2n) is 7.23. The van der Waals surface area contributed by atoms with E-state index in [1.54, 1.807) is 0 Å². The second-order valence-corrected chi connectivity index (χ2v) is 7.23. The lowest BCUT2D eigenvalue weighted by molar-refractivity contribution is -0.144. The smallest absolute Gasteiger partial charge is 0.349 e. The lowest BCUT2D eigenvalue weighted by Crippen LogP contribution is -2.41. The topological polar surface area (TPSA) is 113 Å². The summed E-state index contributed by atoms with van der Waals surface area (Å²) in [5.74, 6) is -1.22. The first-order chi connectivity index (χ1) is 13.7. The molecule has 8 nitrogen and oxygen atoms in total. The van der Waals surface area contributed by atoms with Crippen molar-refractivity contribution in [3.63, 3.8) is 0 Å². The summed E-state index contributed by atoms with van der Waals surface area (Å²) in [6.45, 7) is 10.7. The predicted octanol–water partition coefficient (Wildman–Crippen LogP) is 2.84. The van der Waals surface area contributed by atoms with Crippen molar-refractivity contribution in [1.29, 1.82) is 5.26 Å². The van der Waals surface area contributed by atoms with Crippen LogP contribution in [0.25, 0.3) is 6.08 Å². The Bertz CT molecular complexity index is 815. The van der Waals surface area contributed by atoms with Crippen molar-refractivity contribution < 1.29 is 19.1 Å². The van der Waals surface area contributed by atoms with Crippen LogP contribution in [0.5, 0.6) is 0 Å². The van der Waals surface area contributed by atoms with Crippen LogP contribution < -0.4 is 10.6 Å². The molecule has 0 aliphatic rings. The molecule has 1 heterocycles. The summed E-state index contributed by atoms with van der Waals surface area (Å²) < 4.78 is 6.99. The number of rotatable bonds is 9. The molecule has 1 aromatic rings. The zero-order chi connectivity index (χ0) is 22.0. The van der Waals surface area contributed by atoms with E-state index in [0.29, 0.717) is 12.5 Å². The van der Waals surface area contributed by atoms with E-state index in [9.17, 15) is 19.6 Å². The van der Waals surface area contributed by atoms with E-state index in [0.717, 1.165) is 36.3 Å². The summed E-state index contributed by atoms with van der Waals surface area (Å²) in [6.07, 6.45) is 3.16. The highest BCUT2D eigenvalue weighted by Crippen LogP contribution is 2.20. The molecule has 0 aliphatic carbocycles. The largest absolute Gasteiger partial charge is 0.451 e. The normalized spacial score (nSPS) is 11.1. The summed E-state index contributed by atoms with van der Waals surface area (Å²) in [6, 6.07) is 3.07. The first-order valence-corrected chi connectivity index (χ1v) is 9.72. The molecule has 0 radical (unpaired) electrons. The first kappa shape index (κ1) is 24.0. The van der Waals surface area contributed by atoms with E-state index in [4.69, 9.17) is 4.74 Å². The third kappa shape index (κ3) is 7.82. The molecule has 0 aromatic carbocycles. The molecule has 0 saturated carbocycles. The molecule has 0 bridgehead atoms. The van der Waals surface area contributed by atoms with Crippen molar-refractivity contribution in [2.45, 2.75) is 54.0 Å². The minimum atomic E-state index is -0.914. The molecule has 1 rings (SSSR count). The maximum absolute atomic E-state index is 12.2. The first-order valence-electron chi connectivity index (χ1n) is 9.72. The van der Waals surface area contributed by atoms with Crippen molar-refractivity contribution in [2.24, 2.45) is 5.92 Å². The van der Waals surface area contributed by atoms with Gasteiger partial charge in [-0.2, -0.15) is 5.26 Å². The molecule has 29 heavy (non-hydrogen) atoms. The molecule has 8 heteroatoms. The standard InChI is InChI=1S/C21H30N4O4/c1-6-7-8-23-21(28)24-19(26)13-29-20(27)18(11-22)10-17-9-15(4)25(16(17)5)12-14(2)3/h9-10,14H,6-8,12-13H2,1-5H3,(H2,23,24,26,28)/b18-10+. The van der Waals surface area contributed by atoms with Gasteiger partial charge < -0.3 is 14.6 Å². The molecular formula is C21H30N4O4. The minimum absolute atomic E-state index is 0.213. The number of urea groups is 1. The van der Waals surface area contributed by atoms with E-state index >= 15 is 0 Å². The molecule has 0 fully saturated rings. The van der Waals surface area contributed by atoms with Crippen LogP contribution in [0.2, 0.25) is 0 Å². The van der Waals surface area contributed by atoms with E-state index in [1.165, 1.54) is 6.08 Å². The van der Waals surface area contributed by atoms with Gasteiger partial charge in [0.05, 0.1) is 0 Å². The van der Waals surface area contributed by atoms with Gasteiger partial charge in [0.2, 0.25) is 0 Å². The average molecular weight is 402 g/mol. The van der Waals surface area contributed by atoms with Crippen LogP contribution in [-0.2, 0) is 20.9 Å². The number of esters is 1. The number of amides is 3. The number of nitrogens with zero attached hydrogens (tertiary/aromatic N) is 2. The Morgan fingerprint density at radius 2 is 2.00 bits per heavy atom. The van der Waals surface area contributed by atoms with E-state index in [-0.39, 0.29) is 5.57 Å². The number of aromatic nitrogens is 1. The van der Waals surface area contributed by atoms with Gasteiger partial charge in [-0.25, -0.2) is 9.59 Å². The Morgan fingerprint density at radius 3 is 2.59 bits per heavy atom. The Kier molecular flexibility index (Phi) is 9.66. The maximum Gasteiger partial charge on any atom is 0.349 e. The van der Waals surface area contributed by atoms with Crippen LogP contribution >= 0.6 is 0 Å². The number of hydrogen-bond donors (Lipinski definition) is 2. The van der Waals surface area contributed by atoms with Gasteiger partial charge in [0, 0.05) is 24.5 Å². The summed E-state index contributed by atoms with van der Waals surface area (Å²) in [4.78, 5) is 35.4. The Balaban J connectivity index is 2.72. The van der Waals surface area contributed by atoms with Crippen molar-refractivity contribution >= 4 is 24.0 Å². The van der Waals surface area contributed by atoms with Crippen molar-refractivity contribution in [2.75, 3.05) is 13.2 Å². The minimum Gasteiger partial charge on any atom is -0.451 e. The second kappa shape index (κ2) is 11.7. The van der Waals surface area contributed by atoms with E-state index in [2.05, 4.69) is 29.0 Å². The molecule has 3 amide bonds. The summed E-state index contributed by atoms with van der Waals surface area (Å²) >= 11 is 0. The van der Waals surface area contributed by atoms with Gasteiger partial charge >= 0.3 is 12.0 Å². The van der Waals surface area contributed by atoms with Crippen LogP contribution in [0.4, 0.5) is 4.79 Å². The Hall–Kier alpha value is -3.08. The fourth-order valence-electron chi connectivity index (χ4n) is 2.71. The highest BCUT2D eigenvalue weighted by Gasteiger charge is 2.16. The number of imide groups is 1. The summed E-state index contributed by atoms with van der Waals surface area (Å²) in [7, 11) is 0. The lowest BCUT2D eigenvalue weighted by atomic mass is 10.1. The molecule has 158 valence electrons. The zero-order valence-corrected chi connectivity index (χ0v) is 17.8. The molecule has 2 N–H and O–H groups in total.